The van der Waals surface area contributed by atoms with Gasteiger partial charge in [-0.25, -0.2) is 4.79 Å². The molecule has 0 fully saturated rings. The summed E-state index contributed by atoms with van der Waals surface area (Å²) in [5.41, 5.74) is 5.47. The molecule has 2 aromatic rings. The zero-order valence-electron chi connectivity index (χ0n) is 15.8. The molecule has 6 heteroatoms. The lowest BCUT2D eigenvalue weighted by atomic mass is 9.86. The number of aromatic nitrogens is 1. The van der Waals surface area contributed by atoms with Gasteiger partial charge < -0.3 is 15.4 Å². The average molecular weight is 399 g/mol. The Hall–Kier alpha value is -2.37. The van der Waals surface area contributed by atoms with E-state index in [1.807, 2.05) is 19.1 Å². The third kappa shape index (κ3) is 3.29. The summed E-state index contributed by atoms with van der Waals surface area (Å²) in [6.45, 7) is 2.36. The molecule has 1 unspecified atom stereocenters. The summed E-state index contributed by atoms with van der Waals surface area (Å²) in [5.74, 6) is -1.02. The summed E-state index contributed by atoms with van der Waals surface area (Å²) in [6, 6.07) is 5.25. The molecule has 0 saturated carbocycles. The van der Waals surface area contributed by atoms with Crippen LogP contribution < -0.4 is 5.32 Å². The summed E-state index contributed by atoms with van der Waals surface area (Å²) >= 11 is 6.37. The number of carbonyl (C=O) groups excluding carboxylic acids is 1. The molecule has 0 radical (unpaired) electrons. The number of rotatable bonds is 4. The molecule has 1 atom stereocenters. The predicted molar refractivity (Wildman–Crippen MR) is 108 cm³/mol. The minimum Gasteiger partial charge on any atom is -0.478 e. The summed E-state index contributed by atoms with van der Waals surface area (Å²) < 4.78 is 0. The van der Waals surface area contributed by atoms with E-state index >= 15 is 0 Å². The molecule has 4 rings (SSSR count). The highest BCUT2D eigenvalue weighted by Gasteiger charge is 2.32. The number of carboxylic acid groups (broad SMARTS) is 1. The third-order valence-corrected chi connectivity index (χ3v) is 6.09. The molecule has 28 heavy (non-hydrogen) atoms. The Bertz CT molecular complexity index is 970. The fourth-order valence-corrected chi connectivity index (χ4v) is 4.70. The van der Waals surface area contributed by atoms with E-state index in [0.717, 1.165) is 42.5 Å². The second-order valence-electron chi connectivity index (χ2n) is 7.54. The van der Waals surface area contributed by atoms with Gasteiger partial charge in [-0.1, -0.05) is 29.8 Å². The van der Waals surface area contributed by atoms with Gasteiger partial charge in [0, 0.05) is 35.0 Å². The zero-order chi connectivity index (χ0) is 19.8. The van der Waals surface area contributed by atoms with E-state index in [9.17, 15) is 14.7 Å². The molecule has 2 heterocycles. The van der Waals surface area contributed by atoms with E-state index in [4.69, 9.17) is 11.6 Å². The van der Waals surface area contributed by atoms with Crippen LogP contribution in [0.15, 0.2) is 29.8 Å². The van der Waals surface area contributed by atoms with Crippen LogP contribution in [0.1, 0.15) is 63.7 Å². The molecule has 0 spiro atoms. The van der Waals surface area contributed by atoms with Gasteiger partial charge in [0.1, 0.15) is 0 Å². The lowest BCUT2D eigenvalue weighted by molar-refractivity contribution is -0.133. The Labute approximate surface area is 168 Å². The number of benzene rings is 1. The molecule has 146 valence electrons. The van der Waals surface area contributed by atoms with E-state index in [1.165, 1.54) is 5.56 Å². The maximum absolute atomic E-state index is 13.5. The Morgan fingerprint density at radius 1 is 1.21 bits per heavy atom. The second kappa shape index (κ2) is 7.57. The van der Waals surface area contributed by atoms with Gasteiger partial charge in [-0.2, -0.15) is 0 Å². The van der Waals surface area contributed by atoms with Crippen LogP contribution >= 0.6 is 11.6 Å². The van der Waals surface area contributed by atoms with Crippen LogP contribution in [0.5, 0.6) is 0 Å². The van der Waals surface area contributed by atoms with Crippen LogP contribution in [-0.2, 0) is 17.6 Å². The van der Waals surface area contributed by atoms with Crippen molar-refractivity contribution in [1.29, 1.82) is 0 Å². The van der Waals surface area contributed by atoms with Gasteiger partial charge in [0.2, 0.25) is 5.78 Å². The van der Waals surface area contributed by atoms with E-state index < -0.39 is 5.97 Å². The molecule has 0 bridgehead atoms. The first-order valence-corrected chi connectivity index (χ1v) is 10.0. The minimum absolute atomic E-state index is 0.124. The molecule has 0 saturated heterocycles. The predicted octanol–water partition coefficient (Wildman–Crippen LogP) is 4.13. The van der Waals surface area contributed by atoms with Crippen molar-refractivity contribution in [3.63, 3.8) is 0 Å². The number of hydrogen-bond acceptors (Lipinski definition) is 3. The van der Waals surface area contributed by atoms with Gasteiger partial charge >= 0.3 is 5.97 Å². The van der Waals surface area contributed by atoms with Crippen molar-refractivity contribution < 1.29 is 14.7 Å². The molecule has 2 aliphatic rings. The number of carbonyl (C=O) groups is 2. The molecular weight excluding hydrogens is 376 g/mol. The van der Waals surface area contributed by atoms with E-state index in [-0.39, 0.29) is 11.8 Å². The molecule has 1 aromatic heterocycles. The SMILES string of the molecule is Cc1cccc(Cl)c1C(=O)c1[nH]c2c(c1C1CC(C(=O)O)=CCN1)CCCC2. The molecule has 3 N–H and O–H groups in total. The quantitative estimate of drug-likeness (QED) is 0.676. The van der Waals surface area contributed by atoms with Crippen molar-refractivity contribution in [2.24, 2.45) is 0 Å². The smallest absolute Gasteiger partial charge is 0.331 e. The first kappa shape index (κ1) is 19.0. The number of ketones is 1. The topological polar surface area (TPSA) is 82.2 Å². The number of fused-ring (bicyclic) bond motifs is 1. The molecule has 5 nitrogen and oxygen atoms in total. The van der Waals surface area contributed by atoms with E-state index in [1.54, 1.807) is 12.1 Å². The normalized spacial score (nSPS) is 19.1. The summed E-state index contributed by atoms with van der Waals surface area (Å²) in [4.78, 5) is 28.4. The Kier molecular flexibility index (Phi) is 5.13. The van der Waals surface area contributed by atoms with Crippen LogP contribution in [-0.4, -0.2) is 28.4 Å². The molecule has 1 aliphatic heterocycles. The second-order valence-corrected chi connectivity index (χ2v) is 7.95. The summed E-state index contributed by atoms with van der Waals surface area (Å²) in [7, 11) is 0. The largest absolute Gasteiger partial charge is 0.478 e. The number of aromatic amines is 1. The number of aryl methyl sites for hydroxylation is 2. The standard InChI is InChI=1S/C22H23ClN2O3/c1-12-5-4-7-15(23)18(12)21(26)20-19(14-6-2-3-8-16(14)25-20)17-11-13(22(27)28)9-10-24-17/h4-5,7,9,17,24-25H,2-3,6,8,10-11H2,1H3,(H,27,28). The molecular formula is C22H23ClN2O3. The van der Waals surface area contributed by atoms with Crippen molar-refractivity contribution in [3.05, 3.63) is 68.5 Å². The van der Waals surface area contributed by atoms with E-state index in [0.29, 0.717) is 34.8 Å². The van der Waals surface area contributed by atoms with Gasteiger partial charge in [0.25, 0.3) is 0 Å². The maximum Gasteiger partial charge on any atom is 0.331 e. The monoisotopic (exact) mass is 398 g/mol. The minimum atomic E-state index is -0.897. The number of H-pyrrole nitrogens is 1. The van der Waals surface area contributed by atoms with Crippen molar-refractivity contribution >= 4 is 23.4 Å². The first-order valence-electron chi connectivity index (χ1n) is 9.66. The summed E-state index contributed by atoms with van der Waals surface area (Å²) in [6.07, 6.45) is 6.04. The fourth-order valence-electron chi connectivity index (χ4n) is 4.40. The maximum atomic E-state index is 13.5. The Morgan fingerprint density at radius 3 is 2.75 bits per heavy atom. The number of aliphatic carboxylic acids is 1. The molecule has 1 aromatic carbocycles. The number of nitrogens with one attached hydrogen (secondary N) is 2. The van der Waals surface area contributed by atoms with Crippen LogP contribution in [0.2, 0.25) is 5.02 Å². The number of hydrogen-bond donors (Lipinski definition) is 3. The number of carboxylic acids is 1. The average Bonchev–Trinajstić information content (AvgIpc) is 3.07. The Balaban J connectivity index is 1.82. The van der Waals surface area contributed by atoms with Crippen molar-refractivity contribution in [3.8, 4) is 0 Å². The van der Waals surface area contributed by atoms with Crippen LogP contribution in [0.3, 0.4) is 0 Å². The number of halogens is 1. The van der Waals surface area contributed by atoms with Gasteiger partial charge in [0.15, 0.2) is 0 Å². The zero-order valence-corrected chi connectivity index (χ0v) is 16.5. The van der Waals surface area contributed by atoms with Gasteiger partial charge in [-0.3, -0.25) is 4.79 Å². The highest BCUT2D eigenvalue weighted by atomic mass is 35.5. The van der Waals surface area contributed by atoms with Crippen LogP contribution in [0, 0.1) is 6.92 Å². The lowest BCUT2D eigenvalue weighted by Gasteiger charge is -2.25. The Morgan fingerprint density at radius 2 is 2.00 bits per heavy atom. The highest BCUT2D eigenvalue weighted by molar-refractivity contribution is 6.35. The lowest BCUT2D eigenvalue weighted by Crippen LogP contribution is -2.30. The first-order chi connectivity index (χ1) is 13.5. The fraction of sp³-hybridized carbons (Fsp3) is 0.364. The van der Waals surface area contributed by atoms with Gasteiger partial charge in [0.05, 0.1) is 10.7 Å². The highest BCUT2D eigenvalue weighted by Crippen LogP contribution is 2.37. The summed E-state index contributed by atoms with van der Waals surface area (Å²) in [5, 5.41) is 13.3. The van der Waals surface area contributed by atoms with Crippen LogP contribution in [0.4, 0.5) is 0 Å². The van der Waals surface area contributed by atoms with Crippen LogP contribution in [0.25, 0.3) is 0 Å². The van der Waals surface area contributed by atoms with Crippen molar-refractivity contribution in [1.82, 2.24) is 10.3 Å². The molecule has 1 aliphatic carbocycles. The van der Waals surface area contributed by atoms with Gasteiger partial charge in [-0.15, -0.1) is 0 Å². The van der Waals surface area contributed by atoms with Crippen molar-refractivity contribution in [2.45, 2.75) is 45.1 Å². The van der Waals surface area contributed by atoms with Gasteiger partial charge in [-0.05, 0) is 56.2 Å². The molecule has 0 amide bonds. The third-order valence-electron chi connectivity index (χ3n) is 5.77. The van der Waals surface area contributed by atoms with E-state index in [2.05, 4.69) is 10.3 Å². The van der Waals surface area contributed by atoms with Crippen molar-refractivity contribution in [2.75, 3.05) is 6.54 Å².